The molecule has 3 rings (SSSR count). The number of nitrogens with zero attached hydrogens (tertiary/aromatic N) is 5. The number of carbonyl (C=O) groups is 1. The second-order valence-corrected chi connectivity index (χ2v) is 5.32. The third kappa shape index (κ3) is 2.16. The van der Waals surface area contributed by atoms with Gasteiger partial charge in [0.15, 0.2) is 4.96 Å². The van der Waals surface area contributed by atoms with Gasteiger partial charge in [0, 0.05) is 31.0 Å². The van der Waals surface area contributed by atoms with Crippen LogP contribution in [0, 0.1) is 0 Å². The molecule has 20 heavy (non-hydrogen) atoms. The average molecular weight is 287 g/mol. The van der Waals surface area contributed by atoms with E-state index in [-0.39, 0.29) is 11.9 Å². The third-order valence-electron chi connectivity index (χ3n) is 3.25. The van der Waals surface area contributed by atoms with Gasteiger partial charge in [-0.1, -0.05) is 0 Å². The maximum absolute atomic E-state index is 12.4. The summed E-state index contributed by atoms with van der Waals surface area (Å²) in [6, 6.07) is 1.67. The Labute approximate surface area is 119 Å². The monoisotopic (exact) mass is 287 g/mol. The van der Waals surface area contributed by atoms with Crippen molar-refractivity contribution in [2.75, 3.05) is 7.05 Å². The van der Waals surface area contributed by atoms with Gasteiger partial charge in [0.2, 0.25) is 0 Å². The Morgan fingerprint density at radius 1 is 1.50 bits per heavy atom. The van der Waals surface area contributed by atoms with Crippen molar-refractivity contribution in [2.24, 2.45) is 0 Å². The Morgan fingerprint density at radius 3 is 3.05 bits per heavy atom. The first kappa shape index (κ1) is 12.7. The first-order valence-corrected chi connectivity index (χ1v) is 7.00. The van der Waals surface area contributed by atoms with Crippen molar-refractivity contribution in [1.82, 2.24) is 24.3 Å². The highest BCUT2D eigenvalue weighted by Crippen LogP contribution is 2.19. The van der Waals surface area contributed by atoms with Crippen molar-refractivity contribution in [2.45, 2.75) is 13.0 Å². The lowest BCUT2D eigenvalue weighted by Crippen LogP contribution is -2.30. The van der Waals surface area contributed by atoms with Crippen LogP contribution in [0.15, 0.2) is 36.4 Å². The van der Waals surface area contributed by atoms with E-state index in [1.54, 1.807) is 30.4 Å². The van der Waals surface area contributed by atoms with Gasteiger partial charge in [-0.25, -0.2) is 15.0 Å². The summed E-state index contributed by atoms with van der Waals surface area (Å²) in [4.78, 5) is 27.3. The standard InChI is InChI=1S/C13H13N5OS/c1-9(10-3-4-14-8-15-10)17(2)12(19)11-7-18-5-6-20-13(18)16-11/h3-9H,1-2H3. The van der Waals surface area contributed by atoms with Gasteiger partial charge < -0.3 is 4.90 Å². The van der Waals surface area contributed by atoms with Crippen molar-refractivity contribution >= 4 is 22.2 Å². The summed E-state index contributed by atoms with van der Waals surface area (Å²) < 4.78 is 1.85. The zero-order chi connectivity index (χ0) is 14.1. The molecule has 3 heterocycles. The highest BCUT2D eigenvalue weighted by atomic mass is 32.1. The van der Waals surface area contributed by atoms with Crippen LogP contribution in [0.2, 0.25) is 0 Å². The van der Waals surface area contributed by atoms with E-state index in [4.69, 9.17) is 0 Å². The van der Waals surface area contributed by atoms with Gasteiger partial charge in [0.1, 0.15) is 12.0 Å². The molecule has 7 heteroatoms. The van der Waals surface area contributed by atoms with Crippen molar-refractivity contribution < 1.29 is 4.79 Å². The second kappa shape index (κ2) is 5.01. The number of amides is 1. The summed E-state index contributed by atoms with van der Waals surface area (Å²) in [6.07, 6.45) is 6.79. The molecule has 0 saturated carbocycles. The number of hydrogen-bond donors (Lipinski definition) is 0. The fraction of sp³-hybridized carbons (Fsp3) is 0.231. The number of carbonyl (C=O) groups excluding carboxylic acids is 1. The van der Waals surface area contributed by atoms with Crippen LogP contribution in [0.3, 0.4) is 0 Å². The third-order valence-corrected chi connectivity index (χ3v) is 4.02. The lowest BCUT2D eigenvalue weighted by atomic mass is 10.2. The van der Waals surface area contributed by atoms with Crippen LogP contribution in [0.1, 0.15) is 29.1 Å². The minimum absolute atomic E-state index is 0.119. The number of imidazole rings is 1. The Hall–Kier alpha value is -2.28. The van der Waals surface area contributed by atoms with Gasteiger partial charge in [-0.15, -0.1) is 11.3 Å². The molecule has 1 unspecified atom stereocenters. The number of rotatable bonds is 3. The fourth-order valence-electron chi connectivity index (χ4n) is 1.93. The zero-order valence-corrected chi connectivity index (χ0v) is 11.9. The highest BCUT2D eigenvalue weighted by molar-refractivity contribution is 7.15. The minimum Gasteiger partial charge on any atom is -0.332 e. The van der Waals surface area contributed by atoms with Gasteiger partial charge in [-0.05, 0) is 13.0 Å². The van der Waals surface area contributed by atoms with Crippen LogP contribution in [-0.4, -0.2) is 37.2 Å². The van der Waals surface area contributed by atoms with Crippen LogP contribution in [0.25, 0.3) is 4.96 Å². The predicted octanol–water partition coefficient (Wildman–Crippen LogP) is 2.02. The first-order valence-electron chi connectivity index (χ1n) is 6.12. The highest BCUT2D eigenvalue weighted by Gasteiger charge is 2.22. The van der Waals surface area contributed by atoms with Crippen LogP contribution < -0.4 is 0 Å². The summed E-state index contributed by atoms with van der Waals surface area (Å²) in [5, 5.41) is 1.93. The number of hydrogen-bond acceptors (Lipinski definition) is 5. The topological polar surface area (TPSA) is 63.4 Å². The normalized spacial score (nSPS) is 12.5. The van der Waals surface area contributed by atoms with E-state index in [1.807, 2.05) is 22.9 Å². The Kier molecular flexibility index (Phi) is 3.19. The molecule has 0 aliphatic carbocycles. The molecule has 1 amide bonds. The minimum atomic E-state index is -0.134. The maximum atomic E-state index is 12.4. The molecule has 0 N–H and O–H groups in total. The summed E-state index contributed by atoms with van der Waals surface area (Å²) in [7, 11) is 1.75. The van der Waals surface area contributed by atoms with Crippen molar-refractivity contribution in [3.8, 4) is 0 Å². The molecule has 102 valence electrons. The lowest BCUT2D eigenvalue weighted by molar-refractivity contribution is 0.0734. The fourth-order valence-corrected chi connectivity index (χ4v) is 2.63. The molecule has 0 bridgehead atoms. The SMILES string of the molecule is CC(c1ccncn1)N(C)C(=O)c1cn2ccsc2n1. The Bertz CT molecular complexity index is 707. The quantitative estimate of drug-likeness (QED) is 0.739. The van der Waals surface area contributed by atoms with E-state index in [0.29, 0.717) is 5.69 Å². The molecule has 3 aromatic rings. The molecular formula is C13H13N5OS. The zero-order valence-electron chi connectivity index (χ0n) is 11.1. The molecule has 0 fully saturated rings. The average Bonchev–Trinajstić information content (AvgIpc) is 3.07. The van der Waals surface area contributed by atoms with Gasteiger partial charge in [0.25, 0.3) is 5.91 Å². The van der Waals surface area contributed by atoms with Crippen molar-refractivity contribution in [1.29, 1.82) is 0 Å². The van der Waals surface area contributed by atoms with E-state index >= 15 is 0 Å². The van der Waals surface area contributed by atoms with Crippen molar-refractivity contribution in [3.05, 3.63) is 47.8 Å². The smallest absolute Gasteiger partial charge is 0.274 e. The molecule has 0 radical (unpaired) electrons. The molecule has 0 spiro atoms. The lowest BCUT2D eigenvalue weighted by Gasteiger charge is -2.23. The molecule has 0 saturated heterocycles. The summed E-state index contributed by atoms with van der Waals surface area (Å²) in [6.45, 7) is 1.93. The van der Waals surface area contributed by atoms with Crippen LogP contribution in [-0.2, 0) is 0 Å². The molecule has 1 atom stereocenters. The van der Waals surface area contributed by atoms with E-state index in [9.17, 15) is 4.79 Å². The van der Waals surface area contributed by atoms with Crippen LogP contribution in [0.5, 0.6) is 0 Å². The van der Waals surface area contributed by atoms with E-state index in [1.165, 1.54) is 17.7 Å². The predicted molar refractivity (Wildman–Crippen MR) is 75.6 cm³/mol. The van der Waals surface area contributed by atoms with Crippen LogP contribution >= 0.6 is 11.3 Å². The molecule has 0 aliphatic heterocycles. The van der Waals surface area contributed by atoms with E-state index in [2.05, 4.69) is 15.0 Å². The Morgan fingerprint density at radius 2 is 2.35 bits per heavy atom. The molecule has 3 aromatic heterocycles. The number of aromatic nitrogens is 4. The van der Waals surface area contributed by atoms with Crippen LogP contribution in [0.4, 0.5) is 0 Å². The second-order valence-electron chi connectivity index (χ2n) is 4.45. The van der Waals surface area contributed by atoms with Crippen molar-refractivity contribution in [3.63, 3.8) is 0 Å². The van der Waals surface area contributed by atoms with E-state index in [0.717, 1.165) is 10.7 Å². The summed E-state index contributed by atoms with van der Waals surface area (Å²) in [5.74, 6) is -0.119. The first-order chi connectivity index (χ1) is 9.66. The van der Waals surface area contributed by atoms with Gasteiger partial charge >= 0.3 is 0 Å². The largest absolute Gasteiger partial charge is 0.332 e. The molecule has 0 aromatic carbocycles. The maximum Gasteiger partial charge on any atom is 0.274 e. The Balaban J connectivity index is 1.84. The molecule has 6 nitrogen and oxygen atoms in total. The van der Waals surface area contributed by atoms with Gasteiger partial charge in [-0.3, -0.25) is 9.20 Å². The van der Waals surface area contributed by atoms with E-state index < -0.39 is 0 Å². The molecule has 0 aliphatic rings. The van der Waals surface area contributed by atoms with Gasteiger partial charge in [0.05, 0.1) is 11.7 Å². The number of thiazole rings is 1. The summed E-state index contributed by atoms with van der Waals surface area (Å²) >= 11 is 1.50. The van der Waals surface area contributed by atoms with Gasteiger partial charge in [-0.2, -0.15) is 0 Å². The summed E-state index contributed by atoms with van der Waals surface area (Å²) in [5.41, 5.74) is 1.25. The molecular weight excluding hydrogens is 274 g/mol. The number of fused-ring (bicyclic) bond motifs is 1.